The predicted octanol–water partition coefficient (Wildman–Crippen LogP) is 2.21. The second kappa shape index (κ2) is 5.65. The van der Waals surface area contributed by atoms with Crippen LogP contribution in [0.1, 0.15) is 16.1 Å². The largest absolute Gasteiger partial charge is 0.497 e. The number of nitrogens with one attached hydrogen (secondary N) is 1. The van der Waals surface area contributed by atoms with E-state index in [0.29, 0.717) is 17.0 Å². The first-order chi connectivity index (χ1) is 9.22. The summed E-state index contributed by atoms with van der Waals surface area (Å²) in [6, 6.07) is 11.9. The Kier molecular flexibility index (Phi) is 3.74. The van der Waals surface area contributed by atoms with Crippen molar-refractivity contribution < 1.29 is 9.53 Å². The normalized spacial score (nSPS) is 9.47. The number of nitriles is 1. The first kappa shape index (κ1) is 12.6. The van der Waals surface area contributed by atoms with Crippen molar-refractivity contribution in [2.75, 3.05) is 12.4 Å². The summed E-state index contributed by atoms with van der Waals surface area (Å²) >= 11 is 0. The number of pyridine rings is 1. The van der Waals surface area contributed by atoms with E-state index in [1.165, 1.54) is 12.3 Å². The molecule has 0 saturated carbocycles. The SMILES string of the molecule is COc1ccc(NC(=O)c2cc(C#N)ccn2)cc1. The van der Waals surface area contributed by atoms with E-state index in [2.05, 4.69) is 10.3 Å². The van der Waals surface area contributed by atoms with Gasteiger partial charge in [-0.05, 0) is 36.4 Å². The van der Waals surface area contributed by atoms with Gasteiger partial charge in [0.15, 0.2) is 0 Å². The zero-order valence-electron chi connectivity index (χ0n) is 10.3. The Hall–Kier alpha value is -2.87. The molecule has 1 heterocycles. The van der Waals surface area contributed by atoms with Gasteiger partial charge in [0.2, 0.25) is 0 Å². The predicted molar refractivity (Wildman–Crippen MR) is 69.9 cm³/mol. The molecule has 5 heteroatoms. The van der Waals surface area contributed by atoms with Crippen LogP contribution in [0.2, 0.25) is 0 Å². The molecule has 94 valence electrons. The monoisotopic (exact) mass is 253 g/mol. The number of anilines is 1. The average Bonchev–Trinajstić information content (AvgIpc) is 2.48. The zero-order chi connectivity index (χ0) is 13.7. The van der Waals surface area contributed by atoms with Crippen molar-refractivity contribution in [3.8, 4) is 11.8 Å². The van der Waals surface area contributed by atoms with Crippen LogP contribution in [0.15, 0.2) is 42.6 Å². The highest BCUT2D eigenvalue weighted by Gasteiger charge is 2.08. The number of rotatable bonds is 3. The van der Waals surface area contributed by atoms with Crippen LogP contribution in [0.25, 0.3) is 0 Å². The van der Waals surface area contributed by atoms with Crippen LogP contribution in [0, 0.1) is 11.3 Å². The van der Waals surface area contributed by atoms with Crippen LogP contribution in [-0.4, -0.2) is 18.0 Å². The highest BCUT2D eigenvalue weighted by atomic mass is 16.5. The standard InChI is InChI=1S/C14H11N3O2/c1-19-12-4-2-11(3-5-12)17-14(18)13-8-10(9-15)6-7-16-13/h2-8H,1H3,(H,17,18). The number of hydrogen-bond acceptors (Lipinski definition) is 4. The van der Waals surface area contributed by atoms with E-state index in [0.717, 1.165) is 0 Å². The van der Waals surface area contributed by atoms with E-state index in [9.17, 15) is 4.79 Å². The van der Waals surface area contributed by atoms with Crippen molar-refractivity contribution in [2.45, 2.75) is 0 Å². The van der Waals surface area contributed by atoms with Crippen LogP contribution in [-0.2, 0) is 0 Å². The Morgan fingerprint density at radius 3 is 2.68 bits per heavy atom. The highest BCUT2D eigenvalue weighted by molar-refractivity contribution is 6.03. The molecule has 1 N–H and O–H groups in total. The minimum absolute atomic E-state index is 0.204. The molecule has 0 spiro atoms. The molecule has 0 radical (unpaired) electrons. The molecule has 0 fully saturated rings. The number of ether oxygens (including phenoxy) is 1. The smallest absolute Gasteiger partial charge is 0.274 e. The molecule has 0 saturated heterocycles. The van der Waals surface area contributed by atoms with Crippen molar-refractivity contribution >= 4 is 11.6 Å². The number of methoxy groups -OCH3 is 1. The van der Waals surface area contributed by atoms with E-state index in [1.54, 1.807) is 37.4 Å². The maximum Gasteiger partial charge on any atom is 0.274 e. The summed E-state index contributed by atoms with van der Waals surface area (Å²) in [5.74, 6) is 0.352. The van der Waals surface area contributed by atoms with Crippen molar-refractivity contribution in [1.29, 1.82) is 5.26 Å². The van der Waals surface area contributed by atoms with Gasteiger partial charge >= 0.3 is 0 Å². The topological polar surface area (TPSA) is 75.0 Å². The molecule has 1 aromatic heterocycles. The van der Waals surface area contributed by atoms with E-state index >= 15 is 0 Å². The second-order valence-corrected chi connectivity index (χ2v) is 3.72. The van der Waals surface area contributed by atoms with E-state index in [-0.39, 0.29) is 11.6 Å². The molecule has 19 heavy (non-hydrogen) atoms. The van der Waals surface area contributed by atoms with Crippen molar-refractivity contribution in [1.82, 2.24) is 4.98 Å². The summed E-state index contributed by atoms with van der Waals surface area (Å²) in [6.45, 7) is 0. The Labute approximate surface area is 110 Å². The van der Waals surface area contributed by atoms with E-state index in [4.69, 9.17) is 10.00 Å². The van der Waals surface area contributed by atoms with Crippen LogP contribution >= 0.6 is 0 Å². The fourth-order valence-corrected chi connectivity index (χ4v) is 1.49. The van der Waals surface area contributed by atoms with Crippen LogP contribution in [0.5, 0.6) is 5.75 Å². The lowest BCUT2D eigenvalue weighted by molar-refractivity contribution is 0.102. The molecule has 0 aliphatic heterocycles. The minimum atomic E-state index is -0.359. The van der Waals surface area contributed by atoms with E-state index in [1.807, 2.05) is 6.07 Å². The summed E-state index contributed by atoms with van der Waals surface area (Å²) in [4.78, 5) is 15.9. The van der Waals surface area contributed by atoms with Gasteiger partial charge in [-0.15, -0.1) is 0 Å². The third-order valence-electron chi connectivity index (χ3n) is 2.47. The van der Waals surface area contributed by atoms with Crippen molar-refractivity contribution in [2.24, 2.45) is 0 Å². The van der Waals surface area contributed by atoms with Gasteiger partial charge < -0.3 is 10.1 Å². The lowest BCUT2D eigenvalue weighted by Crippen LogP contribution is -2.13. The molecule has 1 aromatic carbocycles. The quantitative estimate of drug-likeness (QED) is 0.910. The summed E-state index contributed by atoms with van der Waals surface area (Å²) < 4.78 is 5.03. The fraction of sp³-hybridized carbons (Fsp3) is 0.0714. The van der Waals surface area contributed by atoms with Crippen LogP contribution in [0.3, 0.4) is 0 Å². The van der Waals surface area contributed by atoms with Crippen molar-refractivity contribution in [3.05, 3.63) is 53.9 Å². The molecular weight excluding hydrogens is 242 g/mol. The van der Waals surface area contributed by atoms with Crippen LogP contribution in [0.4, 0.5) is 5.69 Å². The summed E-state index contributed by atoms with van der Waals surface area (Å²) in [6.07, 6.45) is 1.43. The first-order valence-electron chi connectivity index (χ1n) is 5.54. The second-order valence-electron chi connectivity index (χ2n) is 3.72. The van der Waals surface area contributed by atoms with Gasteiger partial charge in [-0.3, -0.25) is 9.78 Å². The maximum atomic E-state index is 11.9. The highest BCUT2D eigenvalue weighted by Crippen LogP contribution is 2.15. The van der Waals surface area contributed by atoms with Crippen molar-refractivity contribution in [3.63, 3.8) is 0 Å². The number of amides is 1. The molecule has 0 aliphatic rings. The van der Waals surface area contributed by atoms with Gasteiger partial charge in [-0.2, -0.15) is 5.26 Å². The molecule has 1 amide bonds. The number of aromatic nitrogens is 1. The molecule has 0 atom stereocenters. The first-order valence-corrected chi connectivity index (χ1v) is 5.54. The Balaban J connectivity index is 2.13. The molecule has 0 aliphatic carbocycles. The number of nitrogens with zero attached hydrogens (tertiary/aromatic N) is 2. The molecule has 0 unspecified atom stereocenters. The molecule has 2 rings (SSSR count). The minimum Gasteiger partial charge on any atom is -0.497 e. The summed E-state index contributed by atoms with van der Waals surface area (Å²) in [5.41, 5.74) is 1.24. The van der Waals surface area contributed by atoms with Gasteiger partial charge in [0, 0.05) is 11.9 Å². The molecule has 5 nitrogen and oxygen atoms in total. The average molecular weight is 253 g/mol. The number of carbonyl (C=O) groups is 1. The lowest BCUT2D eigenvalue weighted by Gasteiger charge is -2.05. The Morgan fingerprint density at radius 2 is 2.05 bits per heavy atom. The number of carbonyl (C=O) groups excluding carboxylic acids is 1. The van der Waals surface area contributed by atoms with Gasteiger partial charge in [-0.25, -0.2) is 0 Å². The zero-order valence-corrected chi connectivity index (χ0v) is 10.3. The van der Waals surface area contributed by atoms with Crippen LogP contribution < -0.4 is 10.1 Å². The third-order valence-corrected chi connectivity index (χ3v) is 2.47. The lowest BCUT2D eigenvalue weighted by atomic mass is 10.2. The molecule has 2 aromatic rings. The Bertz CT molecular complexity index is 630. The number of hydrogen-bond donors (Lipinski definition) is 1. The van der Waals surface area contributed by atoms with Gasteiger partial charge in [0.05, 0.1) is 18.7 Å². The van der Waals surface area contributed by atoms with E-state index < -0.39 is 0 Å². The molecular formula is C14H11N3O2. The summed E-state index contributed by atoms with van der Waals surface area (Å²) in [5, 5.41) is 11.5. The fourth-order valence-electron chi connectivity index (χ4n) is 1.49. The van der Waals surface area contributed by atoms with Gasteiger partial charge in [-0.1, -0.05) is 0 Å². The third kappa shape index (κ3) is 3.07. The summed E-state index contributed by atoms with van der Waals surface area (Å²) in [7, 11) is 1.57. The Morgan fingerprint density at radius 1 is 1.32 bits per heavy atom. The number of benzene rings is 1. The van der Waals surface area contributed by atoms with Gasteiger partial charge in [0.25, 0.3) is 5.91 Å². The molecule has 0 bridgehead atoms. The van der Waals surface area contributed by atoms with Gasteiger partial charge in [0.1, 0.15) is 11.4 Å². The maximum absolute atomic E-state index is 11.9.